The van der Waals surface area contributed by atoms with Crippen LogP contribution in [0.2, 0.25) is 0 Å². The number of fused-ring (bicyclic) bond motifs is 1. The molecule has 4 nitrogen and oxygen atoms in total. The van der Waals surface area contributed by atoms with Crippen molar-refractivity contribution in [2.75, 3.05) is 0 Å². The summed E-state index contributed by atoms with van der Waals surface area (Å²) in [4.78, 5) is 4.19. The smallest absolute Gasteiger partial charge is 0.374 e. The number of nitrogens with zero attached hydrogens (tertiary/aromatic N) is 1. The molecule has 0 saturated carbocycles. The Balaban J connectivity index is 0.00000171. The maximum absolute atomic E-state index is 12.6. The maximum Gasteiger partial charge on any atom is 0.534 e. The number of allylic oxidation sites excluding steroid dienone is 4. The molecule has 0 bridgehead atoms. The molecule has 0 aliphatic heterocycles. The van der Waals surface area contributed by atoms with Gasteiger partial charge in [0, 0.05) is 11.0 Å². The number of aromatic nitrogens is 1. The van der Waals surface area contributed by atoms with E-state index < -0.39 is 21.4 Å². The number of rotatable bonds is 5. The van der Waals surface area contributed by atoms with E-state index in [9.17, 15) is 21.6 Å². The molecule has 0 amide bonds. The van der Waals surface area contributed by atoms with Crippen LogP contribution in [-0.4, -0.2) is 18.9 Å². The Morgan fingerprint density at radius 1 is 1.11 bits per heavy atom. The van der Waals surface area contributed by atoms with E-state index in [4.69, 9.17) is 0 Å². The zero-order valence-electron chi connectivity index (χ0n) is 16.2. The highest BCUT2D eigenvalue weighted by Gasteiger charge is 2.49. The quantitative estimate of drug-likeness (QED) is 0.328. The van der Waals surface area contributed by atoms with Crippen LogP contribution in [0.15, 0.2) is 61.7 Å². The van der Waals surface area contributed by atoms with Gasteiger partial charge in [-0.2, -0.15) is 21.6 Å². The number of hydrogen-bond acceptors (Lipinski definition) is 4. The lowest BCUT2D eigenvalue weighted by molar-refractivity contribution is -0.0500. The molecule has 2 rings (SSSR count). The molecule has 1 aromatic heterocycles. The Labute approximate surface area is 164 Å². The van der Waals surface area contributed by atoms with E-state index in [0.717, 1.165) is 0 Å². The zero-order valence-corrected chi connectivity index (χ0v) is 17.1. The lowest BCUT2D eigenvalue weighted by atomic mass is 10.1. The summed E-state index contributed by atoms with van der Waals surface area (Å²) < 4.78 is 64.8. The first kappa shape index (κ1) is 25.4. The first-order valence-corrected chi connectivity index (χ1v) is 9.96. The van der Waals surface area contributed by atoms with Gasteiger partial charge in [0.25, 0.3) is 0 Å². The maximum atomic E-state index is 12.6. The molecule has 0 spiro atoms. The summed E-state index contributed by atoms with van der Waals surface area (Å²) in [5, 5.41) is 0.427. The zero-order chi connectivity index (χ0) is 22.0. The molecule has 0 N–H and O–H groups in total. The van der Waals surface area contributed by atoms with E-state index >= 15 is 0 Å². The lowest BCUT2D eigenvalue weighted by Gasteiger charge is -2.14. The van der Waals surface area contributed by atoms with Gasteiger partial charge in [0.05, 0.1) is 5.52 Å². The van der Waals surface area contributed by atoms with Crippen molar-refractivity contribution in [2.24, 2.45) is 0 Å². The molecule has 28 heavy (non-hydrogen) atoms. The minimum absolute atomic E-state index is 0.0866. The minimum Gasteiger partial charge on any atom is -0.374 e. The number of pyridine rings is 1. The number of benzene rings is 1. The van der Waals surface area contributed by atoms with Crippen molar-refractivity contribution in [1.82, 2.24) is 4.98 Å². The number of hydrogen-bond donors (Lipinski definition) is 0. The van der Waals surface area contributed by atoms with E-state index in [-0.39, 0.29) is 11.3 Å². The molecule has 0 aliphatic carbocycles. The molecule has 2 aromatic rings. The van der Waals surface area contributed by atoms with Crippen LogP contribution in [-0.2, 0) is 10.1 Å². The van der Waals surface area contributed by atoms with Gasteiger partial charge in [-0.1, -0.05) is 77.3 Å². The van der Waals surface area contributed by atoms with Gasteiger partial charge in [0.2, 0.25) is 0 Å². The highest BCUT2D eigenvalue weighted by Crippen LogP contribution is 2.33. The molecular formula is C20H24F3NO3S. The Morgan fingerprint density at radius 3 is 2.18 bits per heavy atom. The highest BCUT2D eigenvalue weighted by molar-refractivity contribution is 7.88. The average molecular weight is 415 g/mol. The van der Waals surface area contributed by atoms with E-state index in [2.05, 4.69) is 22.3 Å². The Hall–Kier alpha value is -2.61. The summed E-state index contributed by atoms with van der Waals surface area (Å²) >= 11 is 0. The second kappa shape index (κ2) is 11.3. The van der Waals surface area contributed by atoms with Crippen molar-refractivity contribution in [3.63, 3.8) is 0 Å². The molecule has 1 aromatic carbocycles. The first-order chi connectivity index (χ1) is 13.2. The van der Waals surface area contributed by atoms with Crippen LogP contribution >= 0.6 is 0 Å². The fraction of sp³-hybridized carbons (Fsp3) is 0.250. The van der Waals surface area contributed by atoms with Crippen LogP contribution in [0.3, 0.4) is 0 Å². The molecule has 0 radical (unpaired) electrons. The van der Waals surface area contributed by atoms with E-state index in [1.165, 1.54) is 24.3 Å². The SMILES string of the molecule is C=C/C=C(\C=C)c1nc2ccccc2cc1OS(=O)(=O)C(F)(F)F.CC.CC. The van der Waals surface area contributed by atoms with Crippen LogP contribution in [0.5, 0.6) is 5.75 Å². The summed E-state index contributed by atoms with van der Waals surface area (Å²) in [5.74, 6) is -0.543. The second-order valence-electron chi connectivity index (χ2n) is 4.57. The van der Waals surface area contributed by atoms with Gasteiger partial charge in [-0.25, -0.2) is 4.98 Å². The summed E-state index contributed by atoms with van der Waals surface area (Å²) in [5.41, 5.74) is -4.91. The van der Waals surface area contributed by atoms with Crippen LogP contribution in [0.4, 0.5) is 13.2 Å². The van der Waals surface area contributed by atoms with Crippen molar-refractivity contribution < 1.29 is 25.8 Å². The largest absolute Gasteiger partial charge is 0.534 e. The van der Waals surface area contributed by atoms with Gasteiger partial charge in [-0.15, -0.1) is 0 Å². The summed E-state index contributed by atoms with van der Waals surface area (Å²) in [7, 11) is -5.83. The third-order valence-electron chi connectivity index (χ3n) is 2.96. The van der Waals surface area contributed by atoms with E-state index in [1.54, 1.807) is 24.3 Å². The molecule has 154 valence electrons. The van der Waals surface area contributed by atoms with Crippen molar-refractivity contribution in [1.29, 1.82) is 0 Å². The molecule has 0 atom stereocenters. The number of halogens is 3. The normalized spacial score (nSPS) is 11.5. The summed E-state index contributed by atoms with van der Waals surface area (Å²) in [6.45, 7) is 15.0. The van der Waals surface area contributed by atoms with Gasteiger partial charge in [-0.05, 0) is 12.1 Å². The fourth-order valence-corrected chi connectivity index (χ4v) is 2.36. The highest BCUT2D eigenvalue weighted by atomic mass is 32.2. The Bertz CT molecular complexity index is 933. The Kier molecular flexibility index (Phi) is 10.2. The fourth-order valence-electron chi connectivity index (χ4n) is 1.90. The monoisotopic (exact) mass is 415 g/mol. The predicted octanol–water partition coefficient (Wildman–Crippen LogP) is 6.27. The third kappa shape index (κ3) is 6.23. The van der Waals surface area contributed by atoms with Crippen molar-refractivity contribution in [2.45, 2.75) is 33.2 Å². The minimum atomic E-state index is -5.83. The van der Waals surface area contributed by atoms with Crippen molar-refractivity contribution in [3.8, 4) is 5.75 Å². The lowest BCUT2D eigenvalue weighted by Crippen LogP contribution is -2.28. The molecule has 0 saturated heterocycles. The van der Waals surface area contributed by atoms with E-state index in [1.807, 2.05) is 27.7 Å². The second-order valence-corrected chi connectivity index (χ2v) is 6.11. The Morgan fingerprint density at radius 2 is 1.68 bits per heavy atom. The number of alkyl halides is 3. The predicted molar refractivity (Wildman–Crippen MR) is 108 cm³/mol. The average Bonchev–Trinajstić information content (AvgIpc) is 2.68. The van der Waals surface area contributed by atoms with Gasteiger partial charge in [-0.3, -0.25) is 0 Å². The van der Waals surface area contributed by atoms with Crippen LogP contribution in [0.25, 0.3) is 16.5 Å². The molecule has 0 aliphatic rings. The third-order valence-corrected chi connectivity index (χ3v) is 3.93. The molecule has 0 unspecified atom stereocenters. The molecular weight excluding hydrogens is 391 g/mol. The van der Waals surface area contributed by atoms with Gasteiger partial charge in [0.1, 0.15) is 5.69 Å². The molecule has 1 heterocycles. The van der Waals surface area contributed by atoms with Gasteiger partial charge < -0.3 is 4.18 Å². The molecule has 0 fully saturated rings. The topological polar surface area (TPSA) is 56.3 Å². The van der Waals surface area contributed by atoms with Gasteiger partial charge in [0.15, 0.2) is 5.75 Å². The standard InChI is InChI=1S/C16H12F3NO3S.2C2H6/c1-3-7-11(4-2)15-14(23-24(21,22)16(17,18)19)10-12-8-5-6-9-13(12)20-15;2*1-2/h3-10H,1-2H2;2*1-2H3/b11-7+;;. The van der Waals surface area contributed by atoms with Crippen LogP contribution in [0, 0.1) is 0 Å². The van der Waals surface area contributed by atoms with Gasteiger partial charge >= 0.3 is 15.6 Å². The van der Waals surface area contributed by atoms with Crippen LogP contribution in [0.1, 0.15) is 33.4 Å². The van der Waals surface area contributed by atoms with Crippen molar-refractivity contribution >= 4 is 26.6 Å². The number of para-hydroxylation sites is 1. The molecule has 8 heteroatoms. The first-order valence-electron chi connectivity index (χ1n) is 8.55. The van der Waals surface area contributed by atoms with Crippen LogP contribution < -0.4 is 4.18 Å². The summed E-state index contributed by atoms with van der Waals surface area (Å²) in [6, 6.07) is 7.72. The van der Waals surface area contributed by atoms with E-state index in [0.29, 0.717) is 10.9 Å². The van der Waals surface area contributed by atoms with Crippen molar-refractivity contribution in [3.05, 3.63) is 67.4 Å². The summed E-state index contributed by atoms with van der Waals surface area (Å²) in [6.07, 6.45) is 4.11.